The molecule has 2 aromatic rings. The van der Waals surface area contributed by atoms with Gasteiger partial charge in [0.25, 0.3) is 11.8 Å². The van der Waals surface area contributed by atoms with Crippen LogP contribution in [0, 0.1) is 12.3 Å². The SMILES string of the molecule is C#CCON=C(C(=O)NC1C(=O)N2C(C(=O)O)=C(CSc3nnnn3CCCNC(=O)OC(C)(C)C)CS[C@@H]12)c1nsc(N)n1. The lowest BCUT2D eigenvalue weighted by Gasteiger charge is -2.49. The number of terminal acetylenes is 1. The molecule has 2 aliphatic rings. The molecule has 45 heavy (non-hydrogen) atoms. The van der Waals surface area contributed by atoms with Gasteiger partial charge in [-0.2, -0.15) is 9.36 Å². The number of amides is 3. The second kappa shape index (κ2) is 14.6. The Bertz CT molecular complexity index is 1560. The molecule has 0 saturated carbocycles. The fourth-order valence-electron chi connectivity index (χ4n) is 3.98. The number of fused-ring (bicyclic) bond motifs is 1. The molecule has 240 valence electrons. The van der Waals surface area contributed by atoms with Crippen molar-refractivity contribution in [2.24, 2.45) is 5.16 Å². The predicted molar refractivity (Wildman–Crippen MR) is 163 cm³/mol. The number of rotatable bonds is 13. The van der Waals surface area contributed by atoms with E-state index in [1.165, 1.54) is 23.5 Å². The Morgan fingerprint density at radius 2 is 2.11 bits per heavy atom. The number of alkyl carbamates (subject to hydrolysis) is 1. The van der Waals surface area contributed by atoms with Gasteiger partial charge in [-0.05, 0) is 43.2 Å². The number of nitrogens with one attached hydrogen (secondary N) is 2. The maximum Gasteiger partial charge on any atom is 0.407 e. The van der Waals surface area contributed by atoms with Crippen molar-refractivity contribution in [1.82, 2.24) is 45.1 Å². The summed E-state index contributed by atoms with van der Waals surface area (Å²) < 4.78 is 10.7. The Kier molecular flexibility index (Phi) is 10.8. The number of oxime groups is 1. The van der Waals surface area contributed by atoms with E-state index in [1.54, 1.807) is 25.5 Å². The average molecular weight is 680 g/mol. The van der Waals surface area contributed by atoms with Crippen LogP contribution in [0.15, 0.2) is 21.6 Å². The van der Waals surface area contributed by atoms with Gasteiger partial charge >= 0.3 is 12.1 Å². The molecular formula is C24H29N11O7S3. The number of carboxylic acid groups (broad SMARTS) is 1. The minimum Gasteiger partial charge on any atom is -0.477 e. The van der Waals surface area contributed by atoms with Gasteiger partial charge in [-0.25, -0.2) is 14.3 Å². The summed E-state index contributed by atoms with van der Waals surface area (Å²) >= 11 is 3.34. The first kappa shape index (κ1) is 33.5. The molecule has 1 unspecified atom stereocenters. The Hall–Kier alpha value is -4.42. The Morgan fingerprint density at radius 3 is 2.78 bits per heavy atom. The van der Waals surface area contributed by atoms with Gasteiger partial charge in [-0.3, -0.25) is 14.5 Å². The summed E-state index contributed by atoms with van der Waals surface area (Å²) in [5, 5.41) is 30.5. The summed E-state index contributed by atoms with van der Waals surface area (Å²) in [6, 6.07) is -1.04. The van der Waals surface area contributed by atoms with Gasteiger partial charge in [-0.1, -0.05) is 22.8 Å². The summed E-state index contributed by atoms with van der Waals surface area (Å²) in [6.45, 7) is 5.81. The van der Waals surface area contributed by atoms with Gasteiger partial charge in [0, 0.05) is 36.1 Å². The highest BCUT2D eigenvalue weighted by Gasteiger charge is 2.54. The first-order chi connectivity index (χ1) is 21.4. The molecule has 4 heterocycles. The summed E-state index contributed by atoms with van der Waals surface area (Å²) in [4.78, 5) is 60.3. The third kappa shape index (κ3) is 8.40. The third-order valence-electron chi connectivity index (χ3n) is 5.80. The van der Waals surface area contributed by atoms with Crippen LogP contribution in [0.3, 0.4) is 0 Å². The van der Waals surface area contributed by atoms with Crippen LogP contribution >= 0.6 is 35.1 Å². The van der Waals surface area contributed by atoms with E-state index < -0.39 is 40.9 Å². The average Bonchev–Trinajstić information content (AvgIpc) is 3.61. The number of thioether (sulfide) groups is 2. The zero-order valence-corrected chi connectivity index (χ0v) is 26.7. The molecule has 0 aliphatic carbocycles. The van der Waals surface area contributed by atoms with Crippen molar-refractivity contribution in [1.29, 1.82) is 0 Å². The van der Waals surface area contributed by atoms with E-state index in [1.807, 2.05) is 0 Å². The molecule has 0 radical (unpaired) electrons. The lowest BCUT2D eigenvalue weighted by atomic mass is 10.0. The molecule has 4 rings (SSSR count). The van der Waals surface area contributed by atoms with E-state index in [0.29, 0.717) is 30.2 Å². The fourth-order valence-corrected chi connectivity index (χ4v) is 6.80. The molecule has 18 nitrogen and oxygen atoms in total. The number of anilines is 1. The van der Waals surface area contributed by atoms with Gasteiger partial charge in [0.2, 0.25) is 16.7 Å². The van der Waals surface area contributed by atoms with Gasteiger partial charge in [0.1, 0.15) is 22.7 Å². The number of tetrazole rings is 1. The zero-order chi connectivity index (χ0) is 32.7. The number of aryl methyl sites for hydroxylation is 1. The van der Waals surface area contributed by atoms with E-state index >= 15 is 0 Å². The number of β-lactam (4-membered cyclic amide) rings is 1. The normalized spacial score (nSPS) is 18.0. The molecule has 0 spiro atoms. The smallest absolute Gasteiger partial charge is 0.407 e. The number of aromatic nitrogens is 6. The molecule has 5 N–H and O–H groups in total. The maximum absolute atomic E-state index is 13.1. The van der Waals surface area contributed by atoms with Crippen LogP contribution in [0.4, 0.5) is 9.93 Å². The van der Waals surface area contributed by atoms with Crippen LogP contribution in [0.2, 0.25) is 0 Å². The molecule has 2 aliphatic heterocycles. The van der Waals surface area contributed by atoms with E-state index in [4.69, 9.17) is 21.7 Å². The van der Waals surface area contributed by atoms with Crippen LogP contribution in [-0.4, -0.2) is 111 Å². The number of carbonyl (C=O) groups excluding carboxylic acids is 3. The topological polar surface area (TPSA) is 242 Å². The lowest BCUT2D eigenvalue weighted by molar-refractivity contribution is -0.150. The van der Waals surface area contributed by atoms with Crippen molar-refractivity contribution in [3.8, 4) is 12.3 Å². The molecular weight excluding hydrogens is 651 g/mol. The highest BCUT2D eigenvalue weighted by Crippen LogP contribution is 2.41. The van der Waals surface area contributed by atoms with Crippen molar-refractivity contribution in [3.63, 3.8) is 0 Å². The molecule has 1 fully saturated rings. The second-order valence-electron chi connectivity index (χ2n) is 10.2. The monoisotopic (exact) mass is 679 g/mol. The Balaban J connectivity index is 1.37. The quantitative estimate of drug-likeness (QED) is 0.0540. The molecule has 0 aromatic carbocycles. The Labute approximate surface area is 269 Å². The Morgan fingerprint density at radius 1 is 1.33 bits per heavy atom. The minimum atomic E-state index is -1.28. The van der Waals surface area contributed by atoms with Gasteiger partial charge in [0.05, 0.1) is 0 Å². The number of nitrogen functional groups attached to an aromatic ring is 1. The summed E-state index contributed by atoms with van der Waals surface area (Å²) in [7, 11) is 0. The van der Waals surface area contributed by atoms with Gasteiger partial charge < -0.3 is 31.0 Å². The third-order valence-corrected chi connectivity index (χ3v) is 8.72. The van der Waals surface area contributed by atoms with Gasteiger partial charge in [0.15, 0.2) is 11.7 Å². The van der Waals surface area contributed by atoms with Crippen molar-refractivity contribution in [2.45, 2.75) is 55.9 Å². The number of ether oxygens (including phenoxy) is 1. The molecule has 3 amide bonds. The van der Waals surface area contributed by atoms with Crippen LogP contribution in [0.1, 0.15) is 33.0 Å². The van der Waals surface area contributed by atoms with Crippen molar-refractivity contribution >= 4 is 69.8 Å². The molecule has 0 bridgehead atoms. The number of carboxylic acids is 1. The van der Waals surface area contributed by atoms with E-state index in [-0.39, 0.29) is 40.5 Å². The largest absolute Gasteiger partial charge is 0.477 e. The first-order valence-electron chi connectivity index (χ1n) is 13.2. The summed E-state index contributed by atoms with van der Waals surface area (Å²) in [5.74, 6) is -0.157. The highest BCUT2D eigenvalue weighted by atomic mass is 32.2. The molecule has 2 atom stereocenters. The number of nitrogens with zero attached hydrogens (tertiary/aromatic N) is 8. The van der Waals surface area contributed by atoms with Crippen molar-refractivity contribution in [2.75, 3.05) is 30.4 Å². The van der Waals surface area contributed by atoms with Crippen LogP contribution in [0.25, 0.3) is 0 Å². The van der Waals surface area contributed by atoms with Crippen molar-refractivity contribution < 1.29 is 33.9 Å². The number of hydrogen-bond donors (Lipinski definition) is 4. The van der Waals surface area contributed by atoms with Crippen LogP contribution < -0.4 is 16.4 Å². The molecule has 1 saturated heterocycles. The molecule has 2 aromatic heterocycles. The van der Waals surface area contributed by atoms with E-state index in [2.05, 4.69) is 46.6 Å². The van der Waals surface area contributed by atoms with E-state index in [0.717, 1.165) is 16.4 Å². The first-order valence-corrected chi connectivity index (χ1v) is 16.0. The van der Waals surface area contributed by atoms with Crippen LogP contribution in [0.5, 0.6) is 0 Å². The summed E-state index contributed by atoms with van der Waals surface area (Å²) in [5.41, 5.74) is 5.00. The number of aliphatic carboxylic acids is 1. The highest BCUT2D eigenvalue weighted by molar-refractivity contribution is 8.01. The van der Waals surface area contributed by atoms with Crippen molar-refractivity contribution in [3.05, 3.63) is 17.1 Å². The van der Waals surface area contributed by atoms with E-state index in [9.17, 15) is 24.3 Å². The number of nitrogens with two attached hydrogens (primary N) is 1. The maximum atomic E-state index is 13.1. The lowest BCUT2D eigenvalue weighted by Crippen LogP contribution is -2.71. The fraction of sp³-hybridized carbons (Fsp3) is 0.500. The predicted octanol–water partition coefficient (Wildman–Crippen LogP) is -0.0936. The van der Waals surface area contributed by atoms with Crippen LogP contribution in [-0.2, 0) is 30.5 Å². The standard InChI is InChI=1S/C24H29N11O7S3/c1-5-9-41-30-13(16-28-21(25)45-31-16)17(36)27-14-18(37)35-15(20(38)39)12(10-43-19(14)35)11-44-22-29-32-33-34(22)8-6-7-26-23(40)42-24(2,3)4/h1,14,19H,6-11H2,2-4H3,(H,26,40)(H,27,36)(H,38,39)(H2,25,28,31)/t14?,19-/m0/s1. The van der Waals surface area contributed by atoms with Gasteiger partial charge in [-0.15, -0.1) is 23.3 Å². The number of hydrogen-bond acceptors (Lipinski definition) is 16. The molecule has 21 heteroatoms. The second-order valence-corrected chi connectivity index (χ2v) is 13.1. The number of carbonyl (C=O) groups is 4. The minimum absolute atomic E-state index is 0.0852. The summed E-state index contributed by atoms with van der Waals surface area (Å²) in [6.07, 6.45) is 5.15. The zero-order valence-electron chi connectivity index (χ0n) is 24.3.